The molecule has 0 bridgehead atoms. The van der Waals surface area contributed by atoms with E-state index in [1.165, 1.54) is 6.92 Å². The number of aliphatic hydroxyl groups excluding tert-OH is 1. The number of halogens is 2. The Morgan fingerprint density at radius 2 is 2.29 bits per heavy atom. The van der Waals surface area contributed by atoms with Crippen LogP contribution in [0.3, 0.4) is 0 Å². The summed E-state index contributed by atoms with van der Waals surface area (Å²) in [5.41, 5.74) is -1.45. The Morgan fingerprint density at radius 1 is 1.62 bits per heavy atom. The van der Waals surface area contributed by atoms with E-state index in [1.807, 2.05) is 4.98 Å². The third-order valence-corrected chi connectivity index (χ3v) is 3.71. The average Bonchev–Trinajstić information content (AvgIpc) is 2.68. The van der Waals surface area contributed by atoms with Crippen molar-refractivity contribution in [1.29, 1.82) is 0 Å². The van der Waals surface area contributed by atoms with Gasteiger partial charge in [-0.15, -0.1) is 0 Å². The Morgan fingerprint density at radius 3 is 2.90 bits per heavy atom. The predicted molar refractivity (Wildman–Crippen MR) is 75.5 cm³/mol. The molecular weight excluding hydrogens is 402 g/mol. The lowest BCUT2D eigenvalue weighted by molar-refractivity contribution is -0.147. The van der Waals surface area contributed by atoms with Crippen molar-refractivity contribution in [3.63, 3.8) is 0 Å². The van der Waals surface area contributed by atoms with Crippen molar-refractivity contribution in [1.82, 2.24) is 9.55 Å². The molecule has 8 nitrogen and oxygen atoms in total. The van der Waals surface area contributed by atoms with Crippen LogP contribution in [0.2, 0.25) is 0 Å². The van der Waals surface area contributed by atoms with Gasteiger partial charge in [0.25, 0.3) is 5.56 Å². The molecule has 1 aromatic rings. The highest BCUT2D eigenvalue weighted by atomic mass is 127. The van der Waals surface area contributed by atoms with Gasteiger partial charge in [0.05, 0.1) is 3.57 Å². The Balaban J connectivity index is 2.25. The monoisotopic (exact) mass is 414 g/mol. The van der Waals surface area contributed by atoms with E-state index in [0.717, 1.165) is 10.8 Å². The molecule has 1 aromatic heterocycles. The normalized spacial score (nSPS) is 28.6. The molecule has 116 valence electrons. The fourth-order valence-electron chi connectivity index (χ4n) is 1.91. The maximum atomic E-state index is 14.1. The Bertz CT molecular complexity index is 659. The molecule has 1 aliphatic heterocycles. The third-order valence-electron chi connectivity index (χ3n) is 2.94. The second-order valence-electron chi connectivity index (χ2n) is 4.45. The second-order valence-corrected chi connectivity index (χ2v) is 5.61. The van der Waals surface area contributed by atoms with E-state index in [0.29, 0.717) is 0 Å². The van der Waals surface area contributed by atoms with Crippen LogP contribution in [0.1, 0.15) is 13.2 Å². The van der Waals surface area contributed by atoms with Gasteiger partial charge < -0.3 is 14.6 Å². The number of esters is 1. The standard InChI is InChI=1S/C11H12FIN2O6/c1-4(16)20-3-6-8(17)7(12)10(21-6)15-2-5(13)9(18)14-11(15)19/h2,6-8,10,17H,3H2,1H3,(H,14,18,19)/t6-,7-,8-,10-/m1/s1. The van der Waals surface area contributed by atoms with Crippen LogP contribution < -0.4 is 11.2 Å². The van der Waals surface area contributed by atoms with E-state index in [-0.39, 0.29) is 10.2 Å². The minimum absolute atomic E-state index is 0.168. The summed E-state index contributed by atoms with van der Waals surface area (Å²) in [4.78, 5) is 35.7. The van der Waals surface area contributed by atoms with Crippen LogP contribution >= 0.6 is 22.6 Å². The van der Waals surface area contributed by atoms with Gasteiger partial charge in [-0.3, -0.25) is 19.1 Å². The molecule has 1 saturated heterocycles. The molecule has 1 aliphatic rings. The zero-order chi connectivity index (χ0) is 15.7. The molecule has 0 unspecified atom stereocenters. The molecule has 2 heterocycles. The number of carbonyl (C=O) groups excluding carboxylic acids is 1. The lowest BCUT2D eigenvalue weighted by Gasteiger charge is -2.16. The van der Waals surface area contributed by atoms with E-state index >= 15 is 0 Å². The minimum atomic E-state index is -1.90. The lowest BCUT2D eigenvalue weighted by atomic mass is 10.1. The summed E-state index contributed by atoms with van der Waals surface area (Å²) in [6.45, 7) is 0.836. The molecular formula is C11H12FIN2O6. The molecule has 0 radical (unpaired) electrons. The number of ether oxygens (including phenoxy) is 2. The van der Waals surface area contributed by atoms with Crippen molar-refractivity contribution >= 4 is 28.6 Å². The van der Waals surface area contributed by atoms with Crippen molar-refractivity contribution in [2.24, 2.45) is 0 Å². The Labute approximate surface area is 131 Å². The maximum absolute atomic E-state index is 14.1. The van der Waals surface area contributed by atoms with Crippen LogP contribution in [-0.4, -0.2) is 45.6 Å². The molecule has 2 rings (SSSR count). The average molecular weight is 414 g/mol. The number of aromatic nitrogens is 2. The quantitative estimate of drug-likeness (QED) is 0.500. The third kappa shape index (κ3) is 3.32. The smallest absolute Gasteiger partial charge is 0.330 e. The second kappa shape index (κ2) is 6.23. The van der Waals surface area contributed by atoms with Crippen molar-refractivity contribution in [2.75, 3.05) is 6.61 Å². The highest BCUT2D eigenvalue weighted by Crippen LogP contribution is 2.31. The zero-order valence-electron chi connectivity index (χ0n) is 10.8. The van der Waals surface area contributed by atoms with Crippen molar-refractivity contribution in [2.45, 2.75) is 31.5 Å². The van der Waals surface area contributed by atoms with Crippen LogP contribution in [0.5, 0.6) is 0 Å². The van der Waals surface area contributed by atoms with Gasteiger partial charge >= 0.3 is 11.7 Å². The molecule has 1 fully saturated rings. The number of rotatable bonds is 3. The number of aromatic amines is 1. The van der Waals surface area contributed by atoms with Gasteiger partial charge in [0.1, 0.15) is 18.8 Å². The first-order chi connectivity index (χ1) is 9.81. The Kier molecular flexibility index (Phi) is 4.78. The van der Waals surface area contributed by atoms with Gasteiger partial charge in [0.2, 0.25) is 0 Å². The van der Waals surface area contributed by atoms with Crippen LogP contribution in [0.4, 0.5) is 4.39 Å². The first-order valence-corrected chi connectivity index (χ1v) is 7.01. The number of hydrogen-bond donors (Lipinski definition) is 2. The van der Waals surface area contributed by atoms with Crippen LogP contribution in [0.15, 0.2) is 15.8 Å². The predicted octanol–water partition coefficient (Wildman–Crippen LogP) is -0.699. The van der Waals surface area contributed by atoms with Gasteiger partial charge in [0, 0.05) is 13.1 Å². The van der Waals surface area contributed by atoms with Gasteiger partial charge in [-0.05, 0) is 22.6 Å². The molecule has 10 heteroatoms. The van der Waals surface area contributed by atoms with Crippen molar-refractivity contribution in [3.8, 4) is 0 Å². The highest BCUT2D eigenvalue weighted by molar-refractivity contribution is 14.1. The molecule has 4 atom stereocenters. The van der Waals surface area contributed by atoms with Gasteiger partial charge in [-0.25, -0.2) is 9.18 Å². The maximum Gasteiger partial charge on any atom is 0.330 e. The van der Waals surface area contributed by atoms with Crippen molar-refractivity contribution in [3.05, 3.63) is 30.6 Å². The fraction of sp³-hybridized carbons (Fsp3) is 0.545. The first-order valence-electron chi connectivity index (χ1n) is 5.93. The lowest BCUT2D eigenvalue weighted by Crippen LogP contribution is -2.37. The summed E-state index contributed by atoms with van der Waals surface area (Å²) in [6.07, 6.45) is -4.81. The minimum Gasteiger partial charge on any atom is -0.463 e. The van der Waals surface area contributed by atoms with E-state index in [1.54, 1.807) is 22.6 Å². The van der Waals surface area contributed by atoms with E-state index < -0.39 is 41.8 Å². The summed E-state index contributed by atoms with van der Waals surface area (Å²) in [5.74, 6) is -0.597. The van der Waals surface area contributed by atoms with Crippen molar-refractivity contribution < 1.29 is 23.8 Å². The number of carbonyl (C=O) groups is 1. The van der Waals surface area contributed by atoms with Gasteiger partial charge in [-0.1, -0.05) is 0 Å². The number of aliphatic hydroxyl groups is 1. The highest BCUT2D eigenvalue weighted by Gasteiger charge is 2.46. The molecule has 0 spiro atoms. The summed E-state index contributed by atoms with van der Waals surface area (Å²) < 4.78 is 25.0. The van der Waals surface area contributed by atoms with Gasteiger partial charge in [-0.2, -0.15) is 0 Å². The van der Waals surface area contributed by atoms with E-state index in [9.17, 15) is 23.9 Å². The van der Waals surface area contributed by atoms with E-state index in [4.69, 9.17) is 4.74 Å². The molecule has 0 aliphatic carbocycles. The SMILES string of the molecule is CC(=O)OC[C@H]1O[C@@H](n2cc(I)c(=O)[nH]c2=O)[C@H](F)[C@@H]1O. The summed E-state index contributed by atoms with van der Waals surface area (Å²) >= 11 is 1.68. The fourth-order valence-corrected chi connectivity index (χ4v) is 2.35. The first kappa shape index (κ1) is 16.1. The summed E-state index contributed by atoms with van der Waals surface area (Å²) in [7, 11) is 0. The molecule has 2 N–H and O–H groups in total. The van der Waals surface area contributed by atoms with Gasteiger partial charge in [0.15, 0.2) is 12.4 Å². The molecule has 0 saturated carbocycles. The number of H-pyrrole nitrogens is 1. The molecule has 21 heavy (non-hydrogen) atoms. The number of alkyl halides is 1. The molecule has 0 amide bonds. The van der Waals surface area contributed by atoms with Crippen LogP contribution in [-0.2, 0) is 14.3 Å². The zero-order valence-corrected chi connectivity index (χ0v) is 12.9. The number of hydrogen-bond acceptors (Lipinski definition) is 6. The van der Waals surface area contributed by atoms with Crippen LogP contribution in [0.25, 0.3) is 0 Å². The molecule has 0 aromatic carbocycles. The van der Waals surface area contributed by atoms with Crippen LogP contribution in [0, 0.1) is 3.57 Å². The Hall–Kier alpha value is -1.27. The summed E-state index contributed by atoms with van der Waals surface area (Å²) in [6, 6.07) is 0. The largest absolute Gasteiger partial charge is 0.463 e. The summed E-state index contributed by atoms with van der Waals surface area (Å²) in [5, 5.41) is 9.74. The number of nitrogens with one attached hydrogen (secondary N) is 1. The van der Waals surface area contributed by atoms with E-state index in [2.05, 4.69) is 4.74 Å². The topological polar surface area (TPSA) is 111 Å². The number of nitrogens with zero attached hydrogens (tertiary/aromatic N) is 1.